The summed E-state index contributed by atoms with van der Waals surface area (Å²) in [4.78, 5) is 8.19. The van der Waals surface area contributed by atoms with Crippen LogP contribution in [0.15, 0.2) is 12.3 Å². The van der Waals surface area contributed by atoms with Crippen molar-refractivity contribution in [2.24, 2.45) is 5.92 Å². The Labute approximate surface area is 73.1 Å². The van der Waals surface area contributed by atoms with Crippen LogP contribution in [-0.4, -0.2) is 9.97 Å². The SMILES string of the molecule is Cc1ccnc(C#CC(C)C)n1. The van der Waals surface area contributed by atoms with Crippen LogP contribution in [0, 0.1) is 24.7 Å². The lowest BCUT2D eigenvalue weighted by Crippen LogP contribution is -1.90. The molecule has 0 spiro atoms. The summed E-state index contributed by atoms with van der Waals surface area (Å²) in [6.07, 6.45) is 1.73. The molecule has 0 saturated heterocycles. The molecule has 0 atom stereocenters. The van der Waals surface area contributed by atoms with Crippen LogP contribution in [0.5, 0.6) is 0 Å². The Bertz CT molecular complexity index is 318. The molecule has 2 heteroatoms. The fourth-order valence-electron chi connectivity index (χ4n) is 0.718. The maximum atomic E-state index is 4.16. The normalized spacial score (nSPS) is 9.33. The van der Waals surface area contributed by atoms with Crippen LogP contribution < -0.4 is 0 Å². The summed E-state index contributed by atoms with van der Waals surface area (Å²) in [6.45, 7) is 6.02. The topological polar surface area (TPSA) is 25.8 Å². The zero-order valence-electron chi connectivity index (χ0n) is 7.63. The van der Waals surface area contributed by atoms with E-state index in [1.54, 1.807) is 6.20 Å². The molecule has 12 heavy (non-hydrogen) atoms. The van der Waals surface area contributed by atoms with Gasteiger partial charge in [0.1, 0.15) is 0 Å². The first-order valence-corrected chi connectivity index (χ1v) is 3.99. The van der Waals surface area contributed by atoms with Gasteiger partial charge in [0, 0.05) is 17.8 Å². The molecule has 0 unspecified atom stereocenters. The van der Waals surface area contributed by atoms with E-state index in [0.29, 0.717) is 11.7 Å². The van der Waals surface area contributed by atoms with Gasteiger partial charge in [-0.15, -0.1) is 0 Å². The van der Waals surface area contributed by atoms with Crippen LogP contribution >= 0.6 is 0 Å². The monoisotopic (exact) mass is 160 g/mol. The van der Waals surface area contributed by atoms with Crippen molar-refractivity contribution < 1.29 is 0 Å². The van der Waals surface area contributed by atoms with Crippen LogP contribution in [0.4, 0.5) is 0 Å². The maximum Gasteiger partial charge on any atom is 0.205 e. The van der Waals surface area contributed by atoms with Crippen LogP contribution in [0.25, 0.3) is 0 Å². The van der Waals surface area contributed by atoms with Gasteiger partial charge in [0.15, 0.2) is 0 Å². The van der Waals surface area contributed by atoms with Crippen molar-refractivity contribution in [2.75, 3.05) is 0 Å². The van der Waals surface area contributed by atoms with Crippen molar-refractivity contribution >= 4 is 0 Å². The summed E-state index contributed by atoms with van der Waals surface area (Å²) in [7, 11) is 0. The molecule has 62 valence electrons. The van der Waals surface area contributed by atoms with E-state index in [1.807, 2.05) is 26.8 Å². The van der Waals surface area contributed by atoms with Gasteiger partial charge in [0.25, 0.3) is 0 Å². The molecule has 1 rings (SSSR count). The molecule has 0 aliphatic heterocycles. The van der Waals surface area contributed by atoms with Crippen LogP contribution in [-0.2, 0) is 0 Å². The lowest BCUT2D eigenvalue weighted by atomic mass is 10.2. The summed E-state index contributed by atoms with van der Waals surface area (Å²) in [5, 5.41) is 0. The third-order valence-electron chi connectivity index (χ3n) is 1.27. The first-order chi connectivity index (χ1) is 5.68. The van der Waals surface area contributed by atoms with E-state index in [1.165, 1.54) is 0 Å². The van der Waals surface area contributed by atoms with Gasteiger partial charge in [-0.25, -0.2) is 9.97 Å². The third-order valence-corrected chi connectivity index (χ3v) is 1.27. The van der Waals surface area contributed by atoms with E-state index in [4.69, 9.17) is 0 Å². The predicted molar refractivity (Wildman–Crippen MR) is 48.5 cm³/mol. The highest BCUT2D eigenvalue weighted by molar-refractivity contribution is 5.21. The molecule has 0 aliphatic rings. The molecule has 0 aromatic carbocycles. The lowest BCUT2D eigenvalue weighted by molar-refractivity contribution is 0.865. The minimum atomic E-state index is 0.370. The molecule has 0 radical (unpaired) electrons. The van der Waals surface area contributed by atoms with Crippen molar-refractivity contribution in [3.8, 4) is 11.8 Å². The second-order valence-electron chi connectivity index (χ2n) is 2.95. The maximum absolute atomic E-state index is 4.16. The highest BCUT2D eigenvalue weighted by Crippen LogP contribution is 1.92. The Morgan fingerprint density at radius 3 is 2.75 bits per heavy atom. The Hall–Kier alpha value is -1.36. The van der Waals surface area contributed by atoms with Crippen LogP contribution in [0.2, 0.25) is 0 Å². The average molecular weight is 160 g/mol. The number of aromatic nitrogens is 2. The zero-order chi connectivity index (χ0) is 8.97. The lowest BCUT2D eigenvalue weighted by Gasteiger charge is -1.91. The molecular weight excluding hydrogens is 148 g/mol. The minimum Gasteiger partial charge on any atom is -0.229 e. The van der Waals surface area contributed by atoms with E-state index < -0.39 is 0 Å². The smallest absolute Gasteiger partial charge is 0.205 e. The summed E-state index contributed by atoms with van der Waals surface area (Å²) >= 11 is 0. The average Bonchev–Trinajstić information content (AvgIpc) is 2.01. The Morgan fingerprint density at radius 2 is 2.17 bits per heavy atom. The summed E-state index contributed by atoms with van der Waals surface area (Å²) in [5.74, 6) is 6.91. The molecule has 0 saturated carbocycles. The van der Waals surface area contributed by atoms with Gasteiger partial charge >= 0.3 is 0 Å². The molecule has 0 amide bonds. The first kappa shape index (κ1) is 8.73. The number of hydrogen-bond acceptors (Lipinski definition) is 2. The van der Waals surface area contributed by atoms with E-state index in [0.717, 1.165) is 5.69 Å². The van der Waals surface area contributed by atoms with E-state index in [9.17, 15) is 0 Å². The molecule has 0 N–H and O–H groups in total. The van der Waals surface area contributed by atoms with Crippen LogP contribution in [0.1, 0.15) is 25.4 Å². The fraction of sp³-hybridized carbons (Fsp3) is 0.400. The molecule has 0 aliphatic carbocycles. The fourth-order valence-corrected chi connectivity index (χ4v) is 0.718. The van der Waals surface area contributed by atoms with Crippen molar-refractivity contribution in [3.63, 3.8) is 0 Å². The van der Waals surface area contributed by atoms with Crippen molar-refractivity contribution in [1.29, 1.82) is 0 Å². The minimum absolute atomic E-state index is 0.370. The highest BCUT2D eigenvalue weighted by Gasteiger charge is 1.90. The van der Waals surface area contributed by atoms with Crippen molar-refractivity contribution in [3.05, 3.63) is 23.8 Å². The Balaban J connectivity index is 2.85. The number of rotatable bonds is 0. The Kier molecular flexibility index (Phi) is 2.82. The van der Waals surface area contributed by atoms with Gasteiger partial charge < -0.3 is 0 Å². The van der Waals surface area contributed by atoms with Crippen molar-refractivity contribution in [2.45, 2.75) is 20.8 Å². The molecular formula is C10H12N2. The molecule has 0 fully saturated rings. The molecule has 1 aromatic heterocycles. The van der Waals surface area contributed by atoms with Crippen molar-refractivity contribution in [1.82, 2.24) is 9.97 Å². The number of hydrogen-bond donors (Lipinski definition) is 0. The first-order valence-electron chi connectivity index (χ1n) is 3.99. The largest absolute Gasteiger partial charge is 0.229 e. The highest BCUT2D eigenvalue weighted by atomic mass is 14.9. The zero-order valence-corrected chi connectivity index (χ0v) is 7.63. The second-order valence-corrected chi connectivity index (χ2v) is 2.95. The predicted octanol–water partition coefficient (Wildman–Crippen LogP) is 1.79. The van der Waals surface area contributed by atoms with Gasteiger partial charge in [-0.1, -0.05) is 19.8 Å². The van der Waals surface area contributed by atoms with Gasteiger partial charge in [-0.2, -0.15) is 0 Å². The van der Waals surface area contributed by atoms with Gasteiger partial charge in [0.2, 0.25) is 5.82 Å². The Morgan fingerprint density at radius 1 is 1.42 bits per heavy atom. The quantitative estimate of drug-likeness (QED) is 0.541. The van der Waals surface area contributed by atoms with Gasteiger partial charge in [0.05, 0.1) is 0 Å². The molecule has 1 aromatic rings. The van der Waals surface area contributed by atoms with Gasteiger partial charge in [-0.05, 0) is 18.9 Å². The standard InChI is InChI=1S/C10H12N2/c1-8(2)4-5-10-11-7-6-9(3)12-10/h6-8H,1-3H3. The molecule has 1 heterocycles. The molecule has 2 nitrogen and oxygen atoms in total. The summed E-state index contributed by atoms with van der Waals surface area (Å²) in [6, 6.07) is 1.86. The van der Waals surface area contributed by atoms with E-state index in [-0.39, 0.29) is 0 Å². The van der Waals surface area contributed by atoms with Gasteiger partial charge in [-0.3, -0.25) is 0 Å². The van der Waals surface area contributed by atoms with E-state index >= 15 is 0 Å². The third kappa shape index (κ3) is 2.71. The summed E-state index contributed by atoms with van der Waals surface area (Å²) < 4.78 is 0. The van der Waals surface area contributed by atoms with E-state index in [2.05, 4.69) is 21.8 Å². The number of nitrogens with zero attached hydrogens (tertiary/aromatic N) is 2. The number of aryl methyl sites for hydroxylation is 1. The second kappa shape index (κ2) is 3.87. The van der Waals surface area contributed by atoms with Crippen LogP contribution in [0.3, 0.4) is 0 Å². The summed E-state index contributed by atoms with van der Waals surface area (Å²) in [5.41, 5.74) is 0.957. The molecule has 0 bridgehead atoms.